The highest BCUT2D eigenvalue weighted by Crippen LogP contribution is 2.21. The van der Waals surface area contributed by atoms with Gasteiger partial charge in [0.25, 0.3) is 0 Å². The van der Waals surface area contributed by atoms with Gasteiger partial charge in [-0.2, -0.15) is 9.57 Å². The highest BCUT2D eigenvalue weighted by molar-refractivity contribution is 9.10. The Morgan fingerprint density at radius 2 is 2.00 bits per heavy atom. The number of carbonyl (C=O) groups excluding carboxylic acids is 1. The first-order valence-corrected chi connectivity index (χ1v) is 9.28. The molecule has 0 aromatic heterocycles. The van der Waals surface area contributed by atoms with Crippen LogP contribution >= 0.6 is 15.9 Å². The predicted molar refractivity (Wildman–Crippen MR) is 88.0 cm³/mol. The number of nitrogens with one attached hydrogen (secondary N) is 1. The minimum atomic E-state index is -3.52. The van der Waals surface area contributed by atoms with Gasteiger partial charge in [0.15, 0.2) is 0 Å². The maximum absolute atomic E-state index is 12.6. The summed E-state index contributed by atoms with van der Waals surface area (Å²) in [5.74, 6) is -0.227. The number of sulfonamides is 1. The van der Waals surface area contributed by atoms with E-state index in [-0.39, 0.29) is 23.9 Å². The SMILES string of the molecule is N#CCNC(=O)CN1CCN(S(=O)(=O)c2cccc(Br)c2)CC1. The van der Waals surface area contributed by atoms with Gasteiger partial charge >= 0.3 is 0 Å². The summed E-state index contributed by atoms with van der Waals surface area (Å²) in [5, 5.41) is 10.9. The second kappa shape index (κ2) is 7.88. The third-order valence-corrected chi connectivity index (χ3v) is 5.88. The Morgan fingerprint density at radius 3 is 2.61 bits per heavy atom. The van der Waals surface area contributed by atoms with Crippen molar-refractivity contribution in [1.82, 2.24) is 14.5 Å². The molecule has 1 aromatic rings. The van der Waals surface area contributed by atoms with Crippen LogP contribution in [0, 0.1) is 11.3 Å². The predicted octanol–water partition coefficient (Wildman–Crippen LogP) is 0.395. The third-order valence-electron chi connectivity index (χ3n) is 3.50. The molecule has 0 saturated carbocycles. The standard InChI is InChI=1S/C14H17BrN4O3S/c15-12-2-1-3-13(10-12)23(21,22)19-8-6-18(7-9-19)11-14(20)17-5-4-16/h1-3,10H,5-9,11H2,(H,17,20). The quantitative estimate of drug-likeness (QED) is 0.721. The van der Waals surface area contributed by atoms with Crippen LogP contribution < -0.4 is 5.32 Å². The van der Waals surface area contributed by atoms with Crippen LogP contribution in [0.3, 0.4) is 0 Å². The normalized spacial score (nSPS) is 16.7. The molecular formula is C14H17BrN4O3S. The molecule has 0 aliphatic carbocycles. The number of nitrogens with zero attached hydrogens (tertiary/aromatic N) is 3. The molecule has 2 rings (SSSR count). The first-order chi connectivity index (χ1) is 10.9. The number of piperazine rings is 1. The molecule has 1 aliphatic heterocycles. The molecule has 1 heterocycles. The lowest BCUT2D eigenvalue weighted by Gasteiger charge is -2.33. The van der Waals surface area contributed by atoms with Gasteiger partial charge in [0.05, 0.1) is 17.5 Å². The van der Waals surface area contributed by atoms with E-state index in [1.54, 1.807) is 24.3 Å². The molecule has 1 aromatic carbocycles. The number of amides is 1. The summed E-state index contributed by atoms with van der Waals surface area (Å²) in [4.78, 5) is 13.7. The first-order valence-electron chi connectivity index (χ1n) is 7.05. The molecule has 0 bridgehead atoms. The maximum atomic E-state index is 12.6. The van der Waals surface area contributed by atoms with E-state index in [0.717, 1.165) is 0 Å². The van der Waals surface area contributed by atoms with Crippen molar-refractivity contribution < 1.29 is 13.2 Å². The zero-order chi connectivity index (χ0) is 16.9. The van der Waals surface area contributed by atoms with Crippen LogP contribution in [0.25, 0.3) is 0 Å². The maximum Gasteiger partial charge on any atom is 0.243 e. The summed E-state index contributed by atoms with van der Waals surface area (Å²) >= 11 is 3.28. The van der Waals surface area contributed by atoms with E-state index in [2.05, 4.69) is 21.2 Å². The molecular weight excluding hydrogens is 384 g/mol. The molecule has 1 fully saturated rings. The summed E-state index contributed by atoms with van der Waals surface area (Å²) in [5.41, 5.74) is 0. The van der Waals surface area contributed by atoms with Crippen molar-refractivity contribution >= 4 is 31.9 Å². The molecule has 1 saturated heterocycles. The zero-order valence-corrected chi connectivity index (χ0v) is 14.8. The van der Waals surface area contributed by atoms with Crippen LogP contribution in [0.5, 0.6) is 0 Å². The molecule has 124 valence electrons. The van der Waals surface area contributed by atoms with Gasteiger partial charge in [0.1, 0.15) is 6.54 Å². The van der Waals surface area contributed by atoms with Gasteiger partial charge in [0.2, 0.25) is 15.9 Å². The van der Waals surface area contributed by atoms with Crippen LogP contribution in [0.1, 0.15) is 0 Å². The van der Waals surface area contributed by atoms with E-state index in [1.807, 2.05) is 11.0 Å². The highest BCUT2D eigenvalue weighted by atomic mass is 79.9. The summed E-state index contributed by atoms with van der Waals surface area (Å²) in [6.45, 7) is 1.78. The van der Waals surface area contributed by atoms with Gasteiger partial charge in [-0.05, 0) is 18.2 Å². The first kappa shape index (κ1) is 17.9. The van der Waals surface area contributed by atoms with E-state index in [4.69, 9.17) is 5.26 Å². The van der Waals surface area contributed by atoms with E-state index in [0.29, 0.717) is 30.7 Å². The third kappa shape index (κ3) is 4.75. The second-order valence-corrected chi connectivity index (χ2v) is 7.93. The number of rotatable bonds is 5. The monoisotopic (exact) mass is 400 g/mol. The van der Waals surface area contributed by atoms with Gasteiger partial charge < -0.3 is 5.32 Å². The molecule has 0 atom stereocenters. The van der Waals surface area contributed by atoms with Crippen molar-refractivity contribution in [3.63, 3.8) is 0 Å². The van der Waals surface area contributed by atoms with Crippen molar-refractivity contribution in [2.45, 2.75) is 4.90 Å². The Hall–Kier alpha value is -1.47. The number of halogens is 1. The summed E-state index contributed by atoms with van der Waals surface area (Å²) in [7, 11) is -3.52. The Kier molecular flexibility index (Phi) is 6.12. The fraction of sp³-hybridized carbons (Fsp3) is 0.429. The van der Waals surface area contributed by atoms with Crippen LogP contribution in [0.2, 0.25) is 0 Å². The number of nitriles is 1. The van der Waals surface area contributed by atoms with Crippen molar-refractivity contribution in [3.05, 3.63) is 28.7 Å². The molecule has 7 nitrogen and oxygen atoms in total. The zero-order valence-electron chi connectivity index (χ0n) is 12.4. The van der Waals surface area contributed by atoms with Crippen molar-refractivity contribution in [1.29, 1.82) is 5.26 Å². The van der Waals surface area contributed by atoms with Crippen LogP contribution in [0.15, 0.2) is 33.6 Å². The largest absolute Gasteiger partial charge is 0.342 e. The van der Waals surface area contributed by atoms with Gasteiger partial charge in [0, 0.05) is 30.7 Å². The van der Waals surface area contributed by atoms with Crippen molar-refractivity contribution in [2.24, 2.45) is 0 Å². The van der Waals surface area contributed by atoms with Crippen molar-refractivity contribution in [3.8, 4) is 6.07 Å². The van der Waals surface area contributed by atoms with E-state index in [1.165, 1.54) is 4.31 Å². The van der Waals surface area contributed by atoms with E-state index >= 15 is 0 Å². The van der Waals surface area contributed by atoms with Gasteiger partial charge in [-0.15, -0.1) is 0 Å². The Balaban J connectivity index is 1.94. The number of benzene rings is 1. The Morgan fingerprint density at radius 1 is 1.30 bits per heavy atom. The lowest BCUT2D eigenvalue weighted by atomic mass is 10.3. The van der Waals surface area contributed by atoms with Crippen LogP contribution in [0.4, 0.5) is 0 Å². The van der Waals surface area contributed by atoms with Gasteiger partial charge in [-0.1, -0.05) is 22.0 Å². The Labute approximate surface area is 144 Å². The van der Waals surface area contributed by atoms with Gasteiger partial charge in [-0.3, -0.25) is 9.69 Å². The molecule has 1 aliphatic rings. The summed E-state index contributed by atoms with van der Waals surface area (Å²) in [6.07, 6.45) is 0. The Bertz CT molecular complexity index is 709. The topological polar surface area (TPSA) is 93.5 Å². The minimum absolute atomic E-state index is 0.0178. The fourth-order valence-corrected chi connectivity index (χ4v) is 4.32. The van der Waals surface area contributed by atoms with E-state index < -0.39 is 10.0 Å². The number of hydrogen-bond acceptors (Lipinski definition) is 5. The highest BCUT2D eigenvalue weighted by Gasteiger charge is 2.29. The van der Waals surface area contributed by atoms with E-state index in [9.17, 15) is 13.2 Å². The second-order valence-electron chi connectivity index (χ2n) is 5.07. The molecule has 23 heavy (non-hydrogen) atoms. The van der Waals surface area contributed by atoms with Gasteiger partial charge in [-0.25, -0.2) is 8.42 Å². The molecule has 1 amide bonds. The van der Waals surface area contributed by atoms with Crippen LogP contribution in [-0.2, 0) is 14.8 Å². The number of carbonyl (C=O) groups is 1. The molecule has 0 radical (unpaired) electrons. The molecule has 9 heteroatoms. The lowest BCUT2D eigenvalue weighted by molar-refractivity contribution is -0.122. The minimum Gasteiger partial charge on any atom is -0.342 e. The average Bonchev–Trinajstić information content (AvgIpc) is 2.53. The molecule has 0 unspecified atom stereocenters. The number of hydrogen-bond donors (Lipinski definition) is 1. The van der Waals surface area contributed by atoms with Crippen molar-refractivity contribution in [2.75, 3.05) is 39.3 Å². The summed E-state index contributed by atoms with van der Waals surface area (Å²) < 4.78 is 27.3. The average molecular weight is 401 g/mol. The molecule has 0 spiro atoms. The fourth-order valence-electron chi connectivity index (χ4n) is 2.30. The summed E-state index contributed by atoms with van der Waals surface area (Å²) in [6, 6.07) is 8.46. The molecule has 1 N–H and O–H groups in total. The lowest BCUT2D eigenvalue weighted by Crippen LogP contribution is -2.51. The van der Waals surface area contributed by atoms with Crippen LogP contribution in [-0.4, -0.2) is 62.8 Å². The smallest absolute Gasteiger partial charge is 0.243 e.